The zero-order valence-corrected chi connectivity index (χ0v) is 10.8. The van der Waals surface area contributed by atoms with E-state index >= 15 is 0 Å². The van der Waals surface area contributed by atoms with Gasteiger partial charge in [-0.3, -0.25) is 0 Å². The Morgan fingerprint density at radius 3 is 2.65 bits per heavy atom. The largest absolute Gasteiger partial charge is 0.508 e. The average molecular weight is 248 g/mol. The molecule has 1 aromatic carbocycles. The van der Waals surface area contributed by atoms with Crippen LogP contribution in [-0.4, -0.2) is 10.1 Å². The number of hydrogen-bond donors (Lipinski definition) is 2. The molecule has 2 N–H and O–H groups in total. The minimum atomic E-state index is 0.345. The summed E-state index contributed by atoms with van der Waals surface area (Å²) in [5.41, 5.74) is 2.02. The molecule has 0 aliphatic carbocycles. The van der Waals surface area contributed by atoms with Crippen molar-refractivity contribution < 1.29 is 5.11 Å². The Labute approximate surface area is 105 Å². The van der Waals surface area contributed by atoms with Crippen LogP contribution in [0.4, 0.5) is 0 Å². The van der Waals surface area contributed by atoms with Crippen molar-refractivity contribution in [2.75, 3.05) is 0 Å². The number of phenolic OH excluding ortho intramolecular Hbond substituents is 1. The number of benzene rings is 1. The summed E-state index contributed by atoms with van der Waals surface area (Å²) in [4.78, 5) is 5.65. The van der Waals surface area contributed by atoms with Gasteiger partial charge in [-0.15, -0.1) is 11.3 Å². The summed E-state index contributed by atoms with van der Waals surface area (Å²) in [5, 5.41) is 14.0. The highest BCUT2D eigenvalue weighted by molar-refractivity contribution is 7.11. The van der Waals surface area contributed by atoms with E-state index < -0.39 is 0 Å². The summed E-state index contributed by atoms with van der Waals surface area (Å²) in [6, 6.07) is 7.39. The van der Waals surface area contributed by atoms with Gasteiger partial charge in [0.25, 0.3) is 0 Å². The third-order valence-corrected chi connectivity index (χ3v) is 3.67. The Morgan fingerprint density at radius 2 is 2.00 bits per heavy atom. The number of aryl methyl sites for hydroxylation is 2. The molecule has 2 rings (SSSR count). The molecule has 0 amide bonds. The fraction of sp³-hybridized carbons (Fsp3) is 0.308. The fourth-order valence-corrected chi connectivity index (χ4v) is 2.62. The van der Waals surface area contributed by atoms with E-state index in [4.69, 9.17) is 0 Å². The molecule has 17 heavy (non-hydrogen) atoms. The summed E-state index contributed by atoms with van der Waals surface area (Å²) in [5.74, 6) is 0.345. The third kappa shape index (κ3) is 3.05. The highest BCUT2D eigenvalue weighted by Gasteiger charge is 2.04. The van der Waals surface area contributed by atoms with Crippen LogP contribution in [0.2, 0.25) is 0 Å². The lowest BCUT2D eigenvalue weighted by Gasteiger charge is -2.05. The standard InChI is InChI=1S/C13H16N2OS/c1-9-13(17-10(2)15-9)8-14-7-11-5-3-4-6-12(11)16/h3-6,14,16H,7-8H2,1-2H3. The molecule has 4 heteroatoms. The second kappa shape index (κ2) is 5.29. The molecule has 0 bridgehead atoms. The quantitative estimate of drug-likeness (QED) is 0.874. The zero-order valence-electron chi connectivity index (χ0n) is 10.0. The smallest absolute Gasteiger partial charge is 0.120 e. The molecule has 0 aliphatic heterocycles. The molecule has 90 valence electrons. The van der Waals surface area contributed by atoms with E-state index in [1.807, 2.05) is 32.0 Å². The van der Waals surface area contributed by atoms with Gasteiger partial charge in [0.2, 0.25) is 0 Å². The molecule has 0 atom stereocenters. The predicted molar refractivity (Wildman–Crippen MR) is 70.2 cm³/mol. The lowest BCUT2D eigenvalue weighted by atomic mass is 10.2. The first-order valence-electron chi connectivity index (χ1n) is 5.57. The first-order chi connectivity index (χ1) is 8.16. The van der Waals surface area contributed by atoms with Gasteiger partial charge in [-0.2, -0.15) is 0 Å². The normalized spacial score (nSPS) is 10.7. The van der Waals surface area contributed by atoms with E-state index in [2.05, 4.69) is 10.3 Å². The van der Waals surface area contributed by atoms with Crippen LogP contribution in [0.1, 0.15) is 21.1 Å². The van der Waals surface area contributed by atoms with Crippen molar-refractivity contribution >= 4 is 11.3 Å². The van der Waals surface area contributed by atoms with Crippen molar-refractivity contribution in [2.24, 2.45) is 0 Å². The number of aromatic nitrogens is 1. The zero-order chi connectivity index (χ0) is 12.3. The molecule has 0 fully saturated rings. The van der Waals surface area contributed by atoms with Crippen molar-refractivity contribution in [1.82, 2.24) is 10.3 Å². The van der Waals surface area contributed by atoms with Gasteiger partial charge in [0, 0.05) is 23.5 Å². The van der Waals surface area contributed by atoms with E-state index in [0.717, 1.165) is 22.8 Å². The maximum atomic E-state index is 9.62. The monoisotopic (exact) mass is 248 g/mol. The highest BCUT2D eigenvalue weighted by atomic mass is 32.1. The fourth-order valence-electron chi connectivity index (χ4n) is 1.71. The molecule has 0 saturated heterocycles. The molecule has 0 unspecified atom stereocenters. The Kier molecular flexibility index (Phi) is 3.76. The predicted octanol–water partition coefficient (Wildman–Crippen LogP) is 2.76. The van der Waals surface area contributed by atoms with Gasteiger partial charge in [-0.25, -0.2) is 4.98 Å². The average Bonchev–Trinajstić information content (AvgIpc) is 2.60. The number of hydrogen-bond acceptors (Lipinski definition) is 4. The van der Waals surface area contributed by atoms with Crippen LogP contribution in [0.25, 0.3) is 0 Å². The van der Waals surface area contributed by atoms with Crippen LogP contribution in [0.15, 0.2) is 24.3 Å². The van der Waals surface area contributed by atoms with Gasteiger partial charge in [0.05, 0.1) is 10.7 Å². The third-order valence-electron chi connectivity index (χ3n) is 2.59. The minimum Gasteiger partial charge on any atom is -0.508 e. The lowest BCUT2D eigenvalue weighted by molar-refractivity contribution is 0.464. The first-order valence-corrected chi connectivity index (χ1v) is 6.39. The van der Waals surface area contributed by atoms with Crippen molar-refractivity contribution in [2.45, 2.75) is 26.9 Å². The lowest BCUT2D eigenvalue weighted by Crippen LogP contribution is -2.12. The van der Waals surface area contributed by atoms with Gasteiger partial charge < -0.3 is 10.4 Å². The minimum absolute atomic E-state index is 0.345. The summed E-state index contributed by atoms with van der Waals surface area (Å²) < 4.78 is 0. The van der Waals surface area contributed by atoms with E-state index in [1.54, 1.807) is 17.4 Å². The molecule has 0 aliphatic rings. The van der Waals surface area contributed by atoms with Gasteiger partial charge in [0.15, 0.2) is 0 Å². The summed E-state index contributed by atoms with van der Waals surface area (Å²) in [6.45, 7) is 5.51. The van der Waals surface area contributed by atoms with Crippen LogP contribution in [0.3, 0.4) is 0 Å². The van der Waals surface area contributed by atoms with Crippen LogP contribution in [0, 0.1) is 13.8 Å². The van der Waals surface area contributed by atoms with Gasteiger partial charge in [0.1, 0.15) is 5.75 Å². The Morgan fingerprint density at radius 1 is 1.24 bits per heavy atom. The SMILES string of the molecule is Cc1nc(C)c(CNCc2ccccc2O)s1. The van der Waals surface area contributed by atoms with Crippen molar-refractivity contribution in [3.05, 3.63) is 45.4 Å². The number of para-hydroxylation sites is 1. The molecule has 0 saturated carbocycles. The molecular formula is C13H16N2OS. The van der Waals surface area contributed by atoms with Crippen LogP contribution < -0.4 is 5.32 Å². The second-order valence-electron chi connectivity index (χ2n) is 3.97. The first kappa shape index (κ1) is 12.1. The van der Waals surface area contributed by atoms with Crippen LogP contribution >= 0.6 is 11.3 Å². The van der Waals surface area contributed by atoms with Crippen LogP contribution in [0.5, 0.6) is 5.75 Å². The van der Waals surface area contributed by atoms with Gasteiger partial charge in [-0.1, -0.05) is 18.2 Å². The van der Waals surface area contributed by atoms with E-state index in [-0.39, 0.29) is 0 Å². The van der Waals surface area contributed by atoms with Crippen LogP contribution in [-0.2, 0) is 13.1 Å². The molecule has 1 heterocycles. The molecule has 1 aromatic heterocycles. The van der Waals surface area contributed by atoms with E-state index in [9.17, 15) is 5.11 Å². The van der Waals surface area contributed by atoms with Crippen molar-refractivity contribution in [3.63, 3.8) is 0 Å². The van der Waals surface area contributed by atoms with Gasteiger partial charge >= 0.3 is 0 Å². The van der Waals surface area contributed by atoms with E-state index in [0.29, 0.717) is 12.3 Å². The number of phenols is 1. The number of rotatable bonds is 4. The Bertz CT molecular complexity index is 508. The maximum Gasteiger partial charge on any atom is 0.120 e. The molecule has 0 radical (unpaired) electrons. The number of aromatic hydroxyl groups is 1. The summed E-state index contributed by atoms with van der Waals surface area (Å²) >= 11 is 1.72. The van der Waals surface area contributed by atoms with Crippen molar-refractivity contribution in [3.8, 4) is 5.75 Å². The molecule has 3 nitrogen and oxygen atoms in total. The molecule has 2 aromatic rings. The summed E-state index contributed by atoms with van der Waals surface area (Å²) in [6.07, 6.45) is 0. The number of nitrogens with one attached hydrogen (secondary N) is 1. The molecular weight excluding hydrogens is 232 g/mol. The number of thiazole rings is 1. The Hall–Kier alpha value is -1.39. The molecule has 0 spiro atoms. The second-order valence-corrected chi connectivity index (χ2v) is 5.26. The highest BCUT2D eigenvalue weighted by Crippen LogP contribution is 2.18. The maximum absolute atomic E-state index is 9.62. The number of nitrogens with zero attached hydrogens (tertiary/aromatic N) is 1. The summed E-state index contributed by atoms with van der Waals surface area (Å²) in [7, 11) is 0. The topological polar surface area (TPSA) is 45.2 Å². The van der Waals surface area contributed by atoms with E-state index in [1.165, 1.54) is 4.88 Å². The van der Waals surface area contributed by atoms with Crippen molar-refractivity contribution in [1.29, 1.82) is 0 Å². The Balaban J connectivity index is 1.92. The van der Waals surface area contributed by atoms with Gasteiger partial charge in [-0.05, 0) is 19.9 Å².